The van der Waals surface area contributed by atoms with Gasteiger partial charge in [0.1, 0.15) is 17.1 Å². The number of fused-ring (bicyclic) bond motifs is 2. The SMILES string of the molecule is COc1cccn2ncc(C(=O)Nc3nc4n(n3)CC(C(=O)O)CC4)c12. The van der Waals surface area contributed by atoms with Crippen LogP contribution in [0.5, 0.6) is 5.75 Å². The first-order chi connectivity index (χ1) is 12.6. The van der Waals surface area contributed by atoms with Gasteiger partial charge >= 0.3 is 5.97 Å². The highest BCUT2D eigenvalue weighted by Crippen LogP contribution is 2.24. The van der Waals surface area contributed by atoms with E-state index in [1.807, 2.05) is 0 Å². The van der Waals surface area contributed by atoms with Gasteiger partial charge < -0.3 is 9.84 Å². The largest absolute Gasteiger partial charge is 0.494 e. The van der Waals surface area contributed by atoms with Crippen molar-refractivity contribution in [2.45, 2.75) is 19.4 Å². The van der Waals surface area contributed by atoms with E-state index >= 15 is 0 Å². The van der Waals surface area contributed by atoms with Crippen molar-refractivity contribution in [3.63, 3.8) is 0 Å². The third kappa shape index (κ3) is 2.65. The molecule has 1 amide bonds. The summed E-state index contributed by atoms with van der Waals surface area (Å²) in [4.78, 5) is 28.1. The number of carboxylic acids is 1. The number of aliphatic carboxylic acids is 1. The molecule has 2 N–H and O–H groups in total. The van der Waals surface area contributed by atoms with Crippen LogP contribution >= 0.6 is 0 Å². The number of nitrogens with one attached hydrogen (secondary N) is 1. The fraction of sp³-hybridized carbons (Fsp3) is 0.312. The molecule has 0 spiro atoms. The highest BCUT2D eigenvalue weighted by atomic mass is 16.5. The van der Waals surface area contributed by atoms with Crippen molar-refractivity contribution in [1.82, 2.24) is 24.4 Å². The van der Waals surface area contributed by atoms with Crippen molar-refractivity contribution in [3.05, 3.63) is 35.9 Å². The molecule has 0 saturated heterocycles. The van der Waals surface area contributed by atoms with Crippen molar-refractivity contribution < 1.29 is 19.4 Å². The summed E-state index contributed by atoms with van der Waals surface area (Å²) in [5, 5.41) is 20.1. The van der Waals surface area contributed by atoms with Crippen LogP contribution in [0.1, 0.15) is 22.6 Å². The molecule has 10 heteroatoms. The number of amides is 1. The van der Waals surface area contributed by atoms with Crippen LogP contribution < -0.4 is 10.1 Å². The molecule has 0 fully saturated rings. The van der Waals surface area contributed by atoms with E-state index in [1.165, 1.54) is 18.0 Å². The number of aromatic nitrogens is 5. The van der Waals surface area contributed by atoms with Crippen molar-refractivity contribution in [3.8, 4) is 5.75 Å². The number of pyridine rings is 1. The predicted molar refractivity (Wildman–Crippen MR) is 89.2 cm³/mol. The minimum atomic E-state index is -0.852. The van der Waals surface area contributed by atoms with Gasteiger partial charge in [-0.1, -0.05) is 0 Å². The quantitative estimate of drug-likeness (QED) is 0.709. The minimum Gasteiger partial charge on any atom is -0.494 e. The number of nitrogens with zero attached hydrogens (tertiary/aromatic N) is 5. The Balaban J connectivity index is 1.59. The van der Waals surface area contributed by atoms with Crippen LogP contribution in [0.15, 0.2) is 24.5 Å². The molecule has 134 valence electrons. The molecule has 10 nitrogen and oxygen atoms in total. The van der Waals surface area contributed by atoms with E-state index in [2.05, 4.69) is 20.5 Å². The van der Waals surface area contributed by atoms with Crippen molar-refractivity contribution in [2.24, 2.45) is 5.92 Å². The molecule has 1 unspecified atom stereocenters. The molecule has 3 aromatic heterocycles. The lowest BCUT2D eigenvalue weighted by Gasteiger charge is -2.18. The molecule has 26 heavy (non-hydrogen) atoms. The second kappa shape index (κ2) is 6.14. The van der Waals surface area contributed by atoms with Crippen LogP contribution in [-0.2, 0) is 17.8 Å². The lowest BCUT2D eigenvalue weighted by atomic mass is 10.0. The van der Waals surface area contributed by atoms with Gasteiger partial charge in [-0.25, -0.2) is 9.20 Å². The smallest absolute Gasteiger partial charge is 0.308 e. The van der Waals surface area contributed by atoms with E-state index in [1.54, 1.807) is 22.8 Å². The van der Waals surface area contributed by atoms with Gasteiger partial charge in [0, 0.05) is 12.6 Å². The normalized spacial score (nSPS) is 16.3. The first-order valence-corrected chi connectivity index (χ1v) is 8.05. The number of ether oxygens (including phenoxy) is 1. The van der Waals surface area contributed by atoms with Crippen LogP contribution in [0.2, 0.25) is 0 Å². The van der Waals surface area contributed by atoms with Crippen molar-refractivity contribution in [1.29, 1.82) is 0 Å². The van der Waals surface area contributed by atoms with Crippen LogP contribution in [-0.4, -0.2) is 48.5 Å². The van der Waals surface area contributed by atoms with Crippen LogP contribution in [0.3, 0.4) is 0 Å². The Bertz CT molecular complexity index is 1010. The molecule has 1 aliphatic heterocycles. The molecule has 1 atom stereocenters. The summed E-state index contributed by atoms with van der Waals surface area (Å²) in [6.07, 6.45) is 4.18. The van der Waals surface area contributed by atoms with Crippen LogP contribution in [0.4, 0.5) is 5.95 Å². The number of hydrogen-bond donors (Lipinski definition) is 2. The summed E-state index contributed by atoms with van der Waals surface area (Å²) in [6.45, 7) is 0.248. The molecule has 0 bridgehead atoms. The number of hydrogen-bond acceptors (Lipinski definition) is 6. The summed E-state index contributed by atoms with van der Waals surface area (Å²) < 4.78 is 8.38. The summed E-state index contributed by atoms with van der Waals surface area (Å²) in [5.41, 5.74) is 0.876. The van der Waals surface area contributed by atoms with E-state index in [0.29, 0.717) is 35.5 Å². The van der Waals surface area contributed by atoms with Gasteiger partial charge in [0.2, 0.25) is 5.95 Å². The van der Waals surface area contributed by atoms with E-state index in [9.17, 15) is 9.59 Å². The van der Waals surface area contributed by atoms with Gasteiger partial charge in [0.25, 0.3) is 5.91 Å². The maximum absolute atomic E-state index is 12.6. The monoisotopic (exact) mass is 356 g/mol. The molecule has 0 saturated carbocycles. The third-order valence-electron chi connectivity index (χ3n) is 4.40. The van der Waals surface area contributed by atoms with E-state index < -0.39 is 17.8 Å². The Hall–Kier alpha value is -3.43. The average molecular weight is 356 g/mol. The average Bonchev–Trinajstić information content (AvgIpc) is 3.23. The molecule has 3 aromatic rings. The number of aryl methyl sites for hydroxylation is 1. The molecular weight excluding hydrogens is 340 g/mol. The number of carbonyl (C=O) groups is 2. The number of carboxylic acid groups (broad SMARTS) is 1. The zero-order valence-electron chi connectivity index (χ0n) is 13.9. The molecular formula is C16H16N6O4. The van der Waals surface area contributed by atoms with E-state index in [4.69, 9.17) is 9.84 Å². The highest BCUT2D eigenvalue weighted by Gasteiger charge is 2.27. The summed E-state index contributed by atoms with van der Waals surface area (Å²) >= 11 is 0. The molecule has 0 aromatic carbocycles. The Morgan fingerprint density at radius 1 is 1.42 bits per heavy atom. The minimum absolute atomic E-state index is 0.144. The summed E-state index contributed by atoms with van der Waals surface area (Å²) in [7, 11) is 1.52. The van der Waals surface area contributed by atoms with Crippen LogP contribution in [0.25, 0.3) is 5.52 Å². The lowest BCUT2D eigenvalue weighted by molar-refractivity contribution is -0.142. The summed E-state index contributed by atoms with van der Waals surface area (Å²) in [5.74, 6) is -0.425. The van der Waals surface area contributed by atoms with Gasteiger partial charge in [-0.3, -0.25) is 14.9 Å². The highest BCUT2D eigenvalue weighted by molar-refractivity contribution is 6.09. The first kappa shape index (κ1) is 16.1. The molecule has 0 radical (unpaired) electrons. The van der Waals surface area contributed by atoms with Crippen LogP contribution in [0, 0.1) is 5.92 Å². The van der Waals surface area contributed by atoms with Gasteiger partial charge in [-0.15, -0.1) is 5.10 Å². The van der Waals surface area contributed by atoms with Crippen molar-refractivity contribution >= 4 is 23.3 Å². The molecule has 4 rings (SSSR count). The standard InChI is InChI=1S/C16H16N6O4/c1-26-11-3-2-6-21-13(11)10(7-17-21)14(23)19-16-18-12-5-4-9(15(24)25)8-22(12)20-16/h2-3,6-7,9H,4-5,8H2,1H3,(H,24,25)(H,19,20,23). The fourth-order valence-corrected chi connectivity index (χ4v) is 3.07. The van der Waals surface area contributed by atoms with Gasteiger partial charge in [-0.2, -0.15) is 10.1 Å². The molecule has 4 heterocycles. The summed E-state index contributed by atoms with van der Waals surface area (Å²) in [6, 6.07) is 3.51. The van der Waals surface area contributed by atoms with Gasteiger partial charge in [-0.05, 0) is 18.6 Å². The fourth-order valence-electron chi connectivity index (χ4n) is 3.07. The Morgan fingerprint density at radius 2 is 2.27 bits per heavy atom. The number of anilines is 1. The van der Waals surface area contributed by atoms with Gasteiger partial charge in [0.15, 0.2) is 0 Å². The lowest BCUT2D eigenvalue weighted by Crippen LogP contribution is -2.27. The van der Waals surface area contributed by atoms with Gasteiger partial charge in [0.05, 0.1) is 31.3 Å². The Kier molecular flexibility index (Phi) is 3.79. The third-order valence-corrected chi connectivity index (χ3v) is 4.40. The van der Waals surface area contributed by atoms with Crippen molar-refractivity contribution in [2.75, 3.05) is 12.4 Å². The topological polar surface area (TPSA) is 124 Å². The zero-order valence-corrected chi connectivity index (χ0v) is 13.9. The first-order valence-electron chi connectivity index (χ1n) is 8.05. The second-order valence-electron chi connectivity index (χ2n) is 5.99. The van der Waals surface area contributed by atoms with E-state index in [-0.39, 0.29) is 12.5 Å². The number of rotatable bonds is 4. The second-order valence-corrected chi connectivity index (χ2v) is 5.99. The Labute approximate surface area is 147 Å². The van der Waals surface area contributed by atoms with E-state index in [0.717, 1.165) is 0 Å². The molecule has 1 aliphatic rings. The predicted octanol–water partition coefficient (Wildman–Crippen LogP) is 0.834. The maximum atomic E-state index is 12.6. The molecule has 0 aliphatic carbocycles. The number of carbonyl (C=O) groups excluding carboxylic acids is 1. The Morgan fingerprint density at radius 3 is 3.04 bits per heavy atom. The maximum Gasteiger partial charge on any atom is 0.308 e. The number of methoxy groups -OCH3 is 1. The zero-order chi connectivity index (χ0) is 18.3.